The molecule has 0 spiro atoms. The van der Waals surface area contributed by atoms with Crippen LogP contribution in [0, 0.1) is 11.8 Å². The number of thioether (sulfide) groups is 1. The third-order valence-corrected chi connectivity index (χ3v) is 5.04. The molecule has 0 radical (unpaired) electrons. The molecule has 0 unspecified atom stereocenters. The normalized spacial score (nSPS) is 24.7. The molecule has 0 saturated carbocycles. The Labute approximate surface area is 127 Å². The molecule has 2 heterocycles. The van der Waals surface area contributed by atoms with E-state index in [1.807, 2.05) is 24.5 Å². The van der Waals surface area contributed by atoms with E-state index in [4.69, 9.17) is 0 Å². The fourth-order valence-corrected chi connectivity index (χ4v) is 3.66. The number of benzene rings is 1. The number of hydrogen-bond donors (Lipinski definition) is 0. The summed E-state index contributed by atoms with van der Waals surface area (Å²) in [5.41, 5.74) is 0.637. The fraction of sp³-hybridized carbons (Fsp3) is 0.400. The lowest BCUT2D eigenvalue weighted by Crippen LogP contribution is -2.36. The van der Waals surface area contributed by atoms with Crippen molar-refractivity contribution in [2.45, 2.75) is 4.90 Å². The Morgan fingerprint density at radius 2 is 1.71 bits per heavy atom. The number of amides is 3. The number of hydrogen-bond acceptors (Lipinski definition) is 4. The van der Waals surface area contributed by atoms with Crippen molar-refractivity contribution in [1.82, 2.24) is 9.80 Å². The summed E-state index contributed by atoms with van der Waals surface area (Å²) in [6, 6.07) is 7.41. The lowest BCUT2D eigenvalue weighted by molar-refractivity contribution is -0.138. The zero-order valence-electron chi connectivity index (χ0n) is 11.9. The molecule has 0 aliphatic carbocycles. The average molecular weight is 304 g/mol. The number of imide groups is 1. The molecule has 3 amide bonds. The van der Waals surface area contributed by atoms with Gasteiger partial charge in [-0.25, -0.2) is 0 Å². The summed E-state index contributed by atoms with van der Waals surface area (Å²) in [7, 11) is 1.51. The van der Waals surface area contributed by atoms with Crippen molar-refractivity contribution in [1.29, 1.82) is 0 Å². The van der Waals surface area contributed by atoms with Crippen LogP contribution >= 0.6 is 11.8 Å². The van der Waals surface area contributed by atoms with Gasteiger partial charge in [0, 0.05) is 25.0 Å². The Balaban J connectivity index is 1.83. The highest BCUT2D eigenvalue weighted by Crippen LogP contribution is 2.34. The molecular weight excluding hydrogens is 288 g/mol. The van der Waals surface area contributed by atoms with Crippen molar-refractivity contribution in [2.75, 3.05) is 26.4 Å². The second-order valence-electron chi connectivity index (χ2n) is 5.36. The van der Waals surface area contributed by atoms with E-state index < -0.39 is 0 Å². The van der Waals surface area contributed by atoms with Crippen LogP contribution in [0.15, 0.2) is 29.2 Å². The molecule has 21 heavy (non-hydrogen) atoms. The largest absolute Gasteiger partial charge is 0.337 e. The van der Waals surface area contributed by atoms with Gasteiger partial charge in [0.1, 0.15) is 0 Å². The van der Waals surface area contributed by atoms with Gasteiger partial charge in [-0.15, -0.1) is 11.8 Å². The second kappa shape index (κ2) is 5.18. The van der Waals surface area contributed by atoms with E-state index in [2.05, 4.69) is 0 Å². The van der Waals surface area contributed by atoms with Gasteiger partial charge in [-0.3, -0.25) is 19.3 Å². The maximum Gasteiger partial charge on any atom is 0.255 e. The van der Waals surface area contributed by atoms with Crippen molar-refractivity contribution in [3.63, 3.8) is 0 Å². The molecule has 3 rings (SSSR count). The molecule has 1 aromatic rings. The third kappa shape index (κ3) is 2.14. The first-order valence-corrected chi connectivity index (χ1v) is 8.00. The van der Waals surface area contributed by atoms with E-state index in [0.29, 0.717) is 18.7 Å². The van der Waals surface area contributed by atoms with Crippen molar-refractivity contribution < 1.29 is 14.4 Å². The predicted molar refractivity (Wildman–Crippen MR) is 78.9 cm³/mol. The zero-order valence-corrected chi connectivity index (χ0v) is 12.7. The Bertz CT molecular complexity index is 607. The minimum atomic E-state index is -0.368. The van der Waals surface area contributed by atoms with Crippen LogP contribution in [0.1, 0.15) is 10.4 Å². The van der Waals surface area contributed by atoms with Gasteiger partial charge in [-0.2, -0.15) is 0 Å². The van der Waals surface area contributed by atoms with Crippen LogP contribution in [0.5, 0.6) is 0 Å². The number of fused-ring (bicyclic) bond motifs is 1. The van der Waals surface area contributed by atoms with Crippen LogP contribution < -0.4 is 0 Å². The fourth-order valence-electron chi connectivity index (χ4n) is 3.07. The Morgan fingerprint density at radius 1 is 1.14 bits per heavy atom. The summed E-state index contributed by atoms with van der Waals surface area (Å²) in [6.07, 6.45) is 1.92. The smallest absolute Gasteiger partial charge is 0.255 e. The monoisotopic (exact) mass is 304 g/mol. The number of likely N-dealkylation sites (tertiary alicyclic amines) is 2. The molecule has 0 bridgehead atoms. The molecule has 5 nitrogen and oxygen atoms in total. The van der Waals surface area contributed by atoms with Crippen LogP contribution in [-0.4, -0.2) is 53.9 Å². The van der Waals surface area contributed by atoms with Gasteiger partial charge < -0.3 is 4.90 Å². The third-order valence-electron chi connectivity index (χ3n) is 4.24. The van der Waals surface area contributed by atoms with Crippen LogP contribution in [0.3, 0.4) is 0 Å². The zero-order chi connectivity index (χ0) is 15.1. The minimum Gasteiger partial charge on any atom is -0.337 e. The van der Waals surface area contributed by atoms with Crippen LogP contribution in [0.4, 0.5) is 0 Å². The van der Waals surface area contributed by atoms with Crippen LogP contribution in [0.2, 0.25) is 0 Å². The Morgan fingerprint density at radius 3 is 2.29 bits per heavy atom. The SMILES string of the molecule is CSc1ccccc1C(=O)N1C[C@@H]2C(=O)N(C)C(=O)[C@@H]2C1. The quantitative estimate of drug-likeness (QED) is 0.606. The molecule has 2 aliphatic heterocycles. The lowest BCUT2D eigenvalue weighted by atomic mass is 10.00. The molecule has 2 atom stereocenters. The number of carbonyl (C=O) groups is 3. The molecule has 1 aromatic carbocycles. The first-order valence-electron chi connectivity index (χ1n) is 6.78. The van der Waals surface area contributed by atoms with Gasteiger partial charge in [-0.1, -0.05) is 12.1 Å². The van der Waals surface area contributed by atoms with Crippen molar-refractivity contribution >= 4 is 29.5 Å². The first kappa shape index (κ1) is 14.1. The van der Waals surface area contributed by atoms with Crippen molar-refractivity contribution in [2.24, 2.45) is 11.8 Å². The summed E-state index contributed by atoms with van der Waals surface area (Å²) >= 11 is 1.52. The maximum absolute atomic E-state index is 12.6. The molecule has 0 N–H and O–H groups in total. The van der Waals surface area contributed by atoms with Crippen LogP contribution in [-0.2, 0) is 9.59 Å². The lowest BCUT2D eigenvalue weighted by Gasteiger charge is -2.20. The highest BCUT2D eigenvalue weighted by Gasteiger charge is 2.52. The van der Waals surface area contributed by atoms with Crippen molar-refractivity contribution in [3.8, 4) is 0 Å². The Kier molecular flexibility index (Phi) is 3.49. The molecule has 2 fully saturated rings. The molecule has 110 valence electrons. The molecule has 2 saturated heterocycles. The summed E-state index contributed by atoms with van der Waals surface area (Å²) < 4.78 is 0. The van der Waals surface area contributed by atoms with Gasteiger partial charge in [0.05, 0.1) is 17.4 Å². The summed E-state index contributed by atoms with van der Waals surface area (Å²) in [4.78, 5) is 40.3. The highest BCUT2D eigenvalue weighted by molar-refractivity contribution is 7.98. The van der Waals surface area contributed by atoms with Gasteiger partial charge >= 0.3 is 0 Å². The molecule has 2 aliphatic rings. The average Bonchev–Trinajstić information content (AvgIpc) is 3.03. The summed E-state index contributed by atoms with van der Waals surface area (Å²) in [6.45, 7) is 0.669. The van der Waals surface area contributed by atoms with E-state index in [-0.39, 0.29) is 29.6 Å². The molecule has 6 heteroatoms. The number of nitrogens with zero attached hydrogens (tertiary/aromatic N) is 2. The van der Waals surface area contributed by atoms with Gasteiger partial charge in [0.2, 0.25) is 11.8 Å². The van der Waals surface area contributed by atoms with E-state index in [1.165, 1.54) is 23.7 Å². The number of carbonyl (C=O) groups excluding carboxylic acids is 3. The predicted octanol–water partition coefficient (Wildman–Crippen LogP) is 1.10. The standard InChI is InChI=1S/C15H16N2O3S/c1-16-13(18)10-7-17(8-11(10)14(16)19)15(20)9-5-3-4-6-12(9)21-2/h3-6,10-11H,7-8H2,1-2H3/t10-,11+. The van der Waals surface area contributed by atoms with E-state index in [9.17, 15) is 14.4 Å². The number of rotatable bonds is 2. The summed E-state index contributed by atoms with van der Waals surface area (Å²) in [5.74, 6) is -1.17. The molecular formula is C15H16N2O3S. The highest BCUT2D eigenvalue weighted by atomic mass is 32.2. The summed E-state index contributed by atoms with van der Waals surface area (Å²) in [5, 5.41) is 0. The van der Waals surface area contributed by atoms with E-state index >= 15 is 0 Å². The topological polar surface area (TPSA) is 57.7 Å². The minimum absolute atomic E-state index is 0.0994. The van der Waals surface area contributed by atoms with Gasteiger partial charge in [0.15, 0.2) is 0 Å². The van der Waals surface area contributed by atoms with E-state index in [1.54, 1.807) is 11.0 Å². The maximum atomic E-state index is 12.6. The van der Waals surface area contributed by atoms with Gasteiger partial charge in [0.25, 0.3) is 5.91 Å². The molecule has 0 aromatic heterocycles. The van der Waals surface area contributed by atoms with Crippen LogP contribution in [0.25, 0.3) is 0 Å². The van der Waals surface area contributed by atoms with Crippen molar-refractivity contribution in [3.05, 3.63) is 29.8 Å². The Hall–Kier alpha value is -1.82. The van der Waals surface area contributed by atoms with Gasteiger partial charge in [-0.05, 0) is 18.4 Å². The van der Waals surface area contributed by atoms with E-state index in [0.717, 1.165) is 4.90 Å². The first-order chi connectivity index (χ1) is 10.0. The second-order valence-corrected chi connectivity index (χ2v) is 6.21.